The maximum absolute atomic E-state index is 11.6. The maximum atomic E-state index is 11.6. The van der Waals surface area contributed by atoms with Crippen molar-refractivity contribution >= 4 is 5.97 Å². The normalized spacial score (nSPS) is 10.1. The molecule has 0 aliphatic carbocycles. The molecule has 0 saturated heterocycles. The molecule has 2 aromatic heterocycles. The van der Waals surface area contributed by atoms with Gasteiger partial charge in [0.1, 0.15) is 5.56 Å². The predicted molar refractivity (Wildman–Crippen MR) is 55.6 cm³/mol. The fourth-order valence-electron chi connectivity index (χ4n) is 1.31. The molecule has 2 aromatic rings. The number of hydrogen-bond acceptors (Lipinski definition) is 5. The highest BCUT2D eigenvalue weighted by molar-refractivity contribution is 5.95. The van der Waals surface area contributed by atoms with E-state index in [0.29, 0.717) is 17.9 Å². The summed E-state index contributed by atoms with van der Waals surface area (Å²) in [5.74, 6) is -0.400. The van der Waals surface area contributed by atoms with E-state index in [1.54, 1.807) is 25.4 Å². The first-order chi connectivity index (χ1) is 7.83. The van der Waals surface area contributed by atoms with Crippen LogP contribution in [0.5, 0.6) is 0 Å². The van der Waals surface area contributed by atoms with Gasteiger partial charge >= 0.3 is 5.97 Å². The molecule has 0 spiro atoms. The third-order valence-corrected chi connectivity index (χ3v) is 2.01. The average Bonchev–Trinajstić information content (AvgIpc) is 2.79. The second-order valence-corrected chi connectivity index (χ2v) is 3.01. The van der Waals surface area contributed by atoms with Gasteiger partial charge in [-0.2, -0.15) is 15.3 Å². The molecule has 0 atom stereocenters. The average molecular weight is 218 g/mol. The van der Waals surface area contributed by atoms with E-state index in [0.717, 1.165) is 5.56 Å². The molecule has 0 aliphatic heterocycles. The molecule has 0 bridgehead atoms. The van der Waals surface area contributed by atoms with Crippen molar-refractivity contribution in [3.63, 3.8) is 0 Å². The molecule has 0 radical (unpaired) electrons. The number of esters is 1. The van der Waals surface area contributed by atoms with Gasteiger partial charge in [-0.25, -0.2) is 4.79 Å². The van der Waals surface area contributed by atoms with Crippen LogP contribution in [-0.4, -0.2) is 33.0 Å². The first-order valence-electron chi connectivity index (χ1n) is 4.80. The molecular weight excluding hydrogens is 208 g/mol. The standard InChI is InChI=1S/C10H10N4O2/c1-2-16-10(15)8-6-13-14-9(8)7-3-4-11-12-5-7/h3-6H,2H2,1H3,(H,13,14). The molecule has 6 heteroatoms. The zero-order valence-corrected chi connectivity index (χ0v) is 8.67. The molecule has 0 fully saturated rings. The van der Waals surface area contributed by atoms with Crippen molar-refractivity contribution < 1.29 is 9.53 Å². The van der Waals surface area contributed by atoms with Crippen LogP contribution in [0.25, 0.3) is 11.3 Å². The Labute approximate surface area is 91.7 Å². The zero-order valence-electron chi connectivity index (χ0n) is 8.67. The number of ether oxygens (including phenoxy) is 1. The lowest BCUT2D eigenvalue weighted by atomic mass is 10.1. The lowest BCUT2D eigenvalue weighted by molar-refractivity contribution is 0.0527. The highest BCUT2D eigenvalue weighted by Gasteiger charge is 2.15. The van der Waals surface area contributed by atoms with Crippen LogP contribution in [0.3, 0.4) is 0 Å². The van der Waals surface area contributed by atoms with E-state index < -0.39 is 5.97 Å². The Morgan fingerprint density at radius 3 is 3.00 bits per heavy atom. The number of carbonyl (C=O) groups is 1. The third-order valence-electron chi connectivity index (χ3n) is 2.01. The summed E-state index contributed by atoms with van der Waals surface area (Å²) in [5, 5.41) is 14.0. The molecule has 0 aliphatic rings. The highest BCUT2D eigenvalue weighted by atomic mass is 16.5. The minimum Gasteiger partial charge on any atom is -0.462 e. The fraction of sp³-hybridized carbons (Fsp3) is 0.200. The van der Waals surface area contributed by atoms with Crippen molar-refractivity contribution in [1.29, 1.82) is 0 Å². The van der Waals surface area contributed by atoms with Crippen molar-refractivity contribution in [3.8, 4) is 11.3 Å². The molecule has 2 heterocycles. The van der Waals surface area contributed by atoms with Gasteiger partial charge in [-0.15, -0.1) is 0 Å². The van der Waals surface area contributed by atoms with E-state index in [9.17, 15) is 4.79 Å². The van der Waals surface area contributed by atoms with Gasteiger partial charge in [0, 0.05) is 5.56 Å². The van der Waals surface area contributed by atoms with Crippen molar-refractivity contribution in [2.24, 2.45) is 0 Å². The van der Waals surface area contributed by atoms with Gasteiger partial charge in [-0.05, 0) is 13.0 Å². The quantitative estimate of drug-likeness (QED) is 0.778. The van der Waals surface area contributed by atoms with Crippen molar-refractivity contribution in [2.75, 3.05) is 6.61 Å². The number of nitrogens with one attached hydrogen (secondary N) is 1. The number of carbonyl (C=O) groups excluding carboxylic acids is 1. The highest BCUT2D eigenvalue weighted by Crippen LogP contribution is 2.19. The Bertz CT molecular complexity index is 481. The van der Waals surface area contributed by atoms with Gasteiger partial charge in [-0.1, -0.05) is 0 Å². The van der Waals surface area contributed by atoms with Crippen molar-refractivity contribution in [3.05, 3.63) is 30.2 Å². The summed E-state index contributed by atoms with van der Waals surface area (Å²) in [7, 11) is 0. The summed E-state index contributed by atoms with van der Waals surface area (Å²) in [6.07, 6.45) is 4.54. The van der Waals surface area contributed by atoms with Crippen LogP contribution in [0.1, 0.15) is 17.3 Å². The molecule has 2 rings (SSSR count). The monoisotopic (exact) mass is 218 g/mol. The van der Waals surface area contributed by atoms with Crippen LogP contribution >= 0.6 is 0 Å². The molecule has 0 saturated carbocycles. The molecule has 82 valence electrons. The number of nitrogens with zero attached hydrogens (tertiary/aromatic N) is 3. The Balaban J connectivity index is 2.37. The molecule has 16 heavy (non-hydrogen) atoms. The lowest BCUT2D eigenvalue weighted by Gasteiger charge is -2.01. The van der Waals surface area contributed by atoms with Gasteiger partial charge < -0.3 is 4.74 Å². The van der Waals surface area contributed by atoms with Crippen LogP contribution < -0.4 is 0 Å². The van der Waals surface area contributed by atoms with Gasteiger partial charge in [0.25, 0.3) is 0 Å². The largest absolute Gasteiger partial charge is 0.462 e. The maximum Gasteiger partial charge on any atom is 0.341 e. The minimum atomic E-state index is -0.400. The van der Waals surface area contributed by atoms with Crippen LogP contribution in [0.4, 0.5) is 0 Å². The molecule has 0 aromatic carbocycles. The van der Waals surface area contributed by atoms with E-state index in [2.05, 4.69) is 20.4 Å². The topological polar surface area (TPSA) is 80.8 Å². The number of hydrogen-bond donors (Lipinski definition) is 1. The van der Waals surface area contributed by atoms with Crippen molar-refractivity contribution in [1.82, 2.24) is 20.4 Å². The summed E-state index contributed by atoms with van der Waals surface area (Å²) >= 11 is 0. The van der Waals surface area contributed by atoms with E-state index in [1.165, 1.54) is 6.20 Å². The number of aromatic nitrogens is 4. The Hall–Kier alpha value is -2.24. The van der Waals surface area contributed by atoms with Gasteiger partial charge in [0.05, 0.1) is 30.9 Å². The van der Waals surface area contributed by atoms with Crippen LogP contribution in [0.2, 0.25) is 0 Å². The van der Waals surface area contributed by atoms with Crippen LogP contribution in [0, 0.1) is 0 Å². The number of H-pyrrole nitrogens is 1. The van der Waals surface area contributed by atoms with Crippen LogP contribution in [0.15, 0.2) is 24.7 Å². The molecule has 0 unspecified atom stereocenters. The second-order valence-electron chi connectivity index (χ2n) is 3.01. The molecule has 0 amide bonds. The minimum absolute atomic E-state index is 0.331. The van der Waals surface area contributed by atoms with Crippen molar-refractivity contribution in [2.45, 2.75) is 6.92 Å². The molecular formula is C10H10N4O2. The lowest BCUT2D eigenvalue weighted by Crippen LogP contribution is -2.05. The Kier molecular flexibility index (Phi) is 2.90. The summed E-state index contributed by atoms with van der Waals surface area (Å²) in [6.45, 7) is 2.09. The summed E-state index contributed by atoms with van der Waals surface area (Å²) in [4.78, 5) is 11.6. The first kappa shape index (κ1) is 10.3. The summed E-state index contributed by atoms with van der Waals surface area (Å²) in [5.41, 5.74) is 1.73. The second kappa shape index (κ2) is 4.52. The fourth-order valence-corrected chi connectivity index (χ4v) is 1.31. The molecule has 6 nitrogen and oxygen atoms in total. The smallest absolute Gasteiger partial charge is 0.341 e. The van der Waals surface area contributed by atoms with Gasteiger partial charge in [0.15, 0.2) is 0 Å². The van der Waals surface area contributed by atoms with Gasteiger partial charge in [0.2, 0.25) is 0 Å². The van der Waals surface area contributed by atoms with E-state index in [1.807, 2.05) is 0 Å². The zero-order chi connectivity index (χ0) is 11.4. The number of aromatic amines is 1. The van der Waals surface area contributed by atoms with Gasteiger partial charge in [-0.3, -0.25) is 5.10 Å². The third kappa shape index (κ3) is 1.90. The van der Waals surface area contributed by atoms with E-state index in [4.69, 9.17) is 4.74 Å². The van der Waals surface area contributed by atoms with E-state index >= 15 is 0 Å². The van der Waals surface area contributed by atoms with Crippen LogP contribution in [-0.2, 0) is 4.74 Å². The molecule has 1 N–H and O–H groups in total. The van der Waals surface area contributed by atoms with E-state index in [-0.39, 0.29) is 0 Å². The SMILES string of the molecule is CCOC(=O)c1cn[nH]c1-c1ccnnc1. The Morgan fingerprint density at radius 1 is 1.44 bits per heavy atom. The summed E-state index contributed by atoms with van der Waals surface area (Å²) in [6, 6.07) is 1.74. The Morgan fingerprint density at radius 2 is 2.31 bits per heavy atom. The first-order valence-corrected chi connectivity index (χ1v) is 4.80. The predicted octanol–water partition coefficient (Wildman–Crippen LogP) is 1.04. The summed E-state index contributed by atoms with van der Waals surface area (Å²) < 4.78 is 4.91. The number of rotatable bonds is 3.